The summed E-state index contributed by atoms with van der Waals surface area (Å²) >= 11 is 2.67. The van der Waals surface area contributed by atoms with Crippen LogP contribution in [0, 0.1) is 0 Å². The number of hydrogen-bond acceptors (Lipinski definition) is 6. The number of thioether (sulfide) groups is 1. The summed E-state index contributed by atoms with van der Waals surface area (Å²) in [6, 6.07) is 5.49. The first-order chi connectivity index (χ1) is 11.1. The smallest absolute Gasteiger partial charge is 0.262 e. The van der Waals surface area contributed by atoms with Crippen molar-refractivity contribution in [3.05, 3.63) is 51.9 Å². The van der Waals surface area contributed by atoms with Gasteiger partial charge in [0.25, 0.3) is 5.56 Å². The Hall–Kier alpha value is -2.19. The molecule has 118 valence electrons. The molecule has 1 N–H and O–H groups in total. The average molecular weight is 346 g/mol. The normalized spacial score (nSPS) is 10.8. The molecule has 3 rings (SSSR count). The lowest BCUT2D eigenvalue weighted by Gasteiger charge is -2.07. The van der Waals surface area contributed by atoms with Gasteiger partial charge in [0, 0.05) is 26.0 Å². The summed E-state index contributed by atoms with van der Waals surface area (Å²) in [6.07, 6.45) is 3.40. The van der Waals surface area contributed by atoms with Gasteiger partial charge in [-0.25, -0.2) is 4.98 Å². The van der Waals surface area contributed by atoms with Crippen molar-refractivity contribution in [2.75, 3.05) is 5.75 Å². The van der Waals surface area contributed by atoms with Gasteiger partial charge in [0.1, 0.15) is 4.83 Å². The molecule has 23 heavy (non-hydrogen) atoms. The minimum absolute atomic E-state index is 0.0884. The van der Waals surface area contributed by atoms with Gasteiger partial charge >= 0.3 is 0 Å². The van der Waals surface area contributed by atoms with E-state index in [0.29, 0.717) is 21.9 Å². The first-order valence-electron chi connectivity index (χ1n) is 6.88. The minimum atomic E-state index is -0.112. The highest BCUT2D eigenvalue weighted by Crippen LogP contribution is 2.20. The first-order valence-corrected chi connectivity index (χ1v) is 8.74. The van der Waals surface area contributed by atoms with E-state index in [4.69, 9.17) is 0 Å². The van der Waals surface area contributed by atoms with Gasteiger partial charge in [-0.1, -0.05) is 17.8 Å². The van der Waals surface area contributed by atoms with Crippen molar-refractivity contribution in [1.82, 2.24) is 19.9 Å². The molecule has 0 aliphatic heterocycles. The molecule has 0 unspecified atom stereocenters. The summed E-state index contributed by atoms with van der Waals surface area (Å²) in [5, 5.41) is 5.82. The third-order valence-corrected chi connectivity index (χ3v) is 5.05. The first kappa shape index (κ1) is 15.7. The Labute approximate surface area is 140 Å². The SMILES string of the molecule is Cn1c(SCC(=O)NCc2cccnc2)nc2sccc2c1=O. The minimum Gasteiger partial charge on any atom is -0.351 e. The number of carbonyl (C=O) groups is 1. The number of carbonyl (C=O) groups excluding carboxylic acids is 1. The molecule has 0 atom stereocenters. The lowest BCUT2D eigenvalue weighted by Crippen LogP contribution is -2.25. The lowest BCUT2D eigenvalue weighted by atomic mass is 10.3. The molecule has 3 heterocycles. The fraction of sp³-hybridized carbons (Fsp3) is 0.200. The molecule has 0 spiro atoms. The van der Waals surface area contributed by atoms with Gasteiger partial charge in [-0.3, -0.25) is 19.1 Å². The van der Waals surface area contributed by atoms with Crippen molar-refractivity contribution in [2.45, 2.75) is 11.7 Å². The van der Waals surface area contributed by atoms with Crippen LogP contribution in [-0.4, -0.2) is 26.2 Å². The van der Waals surface area contributed by atoms with Gasteiger partial charge in [-0.2, -0.15) is 0 Å². The van der Waals surface area contributed by atoms with Crippen molar-refractivity contribution in [3.8, 4) is 0 Å². The van der Waals surface area contributed by atoms with Crippen LogP contribution in [0.4, 0.5) is 0 Å². The zero-order chi connectivity index (χ0) is 16.2. The molecule has 0 saturated heterocycles. The third-order valence-electron chi connectivity index (χ3n) is 3.21. The summed E-state index contributed by atoms with van der Waals surface area (Å²) in [7, 11) is 1.67. The number of fused-ring (bicyclic) bond motifs is 1. The highest BCUT2D eigenvalue weighted by molar-refractivity contribution is 7.99. The van der Waals surface area contributed by atoms with Crippen LogP contribution in [0.25, 0.3) is 10.2 Å². The second kappa shape index (κ2) is 6.93. The predicted octanol–water partition coefficient (Wildman–Crippen LogP) is 1.80. The molecule has 8 heteroatoms. The van der Waals surface area contributed by atoms with E-state index in [1.807, 2.05) is 17.5 Å². The summed E-state index contributed by atoms with van der Waals surface area (Å²) in [6.45, 7) is 0.434. The standard InChI is InChI=1S/C15H14N4O2S2/c1-19-14(21)11-4-6-22-13(11)18-15(19)23-9-12(20)17-8-10-3-2-5-16-7-10/h2-7H,8-9H2,1H3,(H,17,20). The third kappa shape index (κ3) is 3.59. The Bertz CT molecular complexity index is 889. The zero-order valence-electron chi connectivity index (χ0n) is 12.4. The molecule has 1 amide bonds. The number of nitrogens with zero attached hydrogens (tertiary/aromatic N) is 3. The summed E-state index contributed by atoms with van der Waals surface area (Å²) < 4.78 is 1.48. The topological polar surface area (TPSA) is 76.9 Å². The number of aromatic nitrogens is 3. The van der Waals surface area contributed by atoms with E-state index in [9.17, 15) is 9.59 Å². The summed E-state index contributed by atoms with van der Waals surface area (Å²) in [5.74, 6) is 0.0941. The number of rotatable bonds is 5. The molecule has 6 nitrogen and oxygen atoms in total. The fourth-order valence-electron chi connectivity index (χ4n) is 1.99. The van der Waals surface area contributed by atoms with Gasteiger partial charge in [0.2, 0.25) is 5.91 Å². The maximum Gasteiger partial charge on any atom is 0.262 e. The van der Waals surface area contributed by atoms with Crippen LogP contribution in [0.15, 0.2) is 45.9 Å². The lowest BCUT2D eigenvalue weighted by molar-refractivity contribution is -0.118. The van der Waals surface area contributed by atoms with E-state index in [0.717, 1.165) is 5.56 Å². The Kier molecular flexibility index (Phi) is 4.73. The number of amides is 1. The molecule has 0 fully saturated rings. The van der Waals surface area contributed by atoms with Crippen LogP contribution >= 0.6 is 23.1 Å². The Morgan fingerprint density at radius 2 is 2.30 bits per heavy atom. The van der Waals surface area contributed by atoms with E-state index in [2.05, 4.69) is 15.3 Å². The van der Waals surface area contributed by atoms with Crippen molar-refractivity contribution >= 4 is 39.2 Å². The molecule has 3 aromatic heterocycles. The van der Waals surface area contributed by atoms with Gasteiger partial charge in [0.05, 0.1) is 11.1 Å². The van der Waals surface area contributed by atoms with Crippen LogP contribution in [0.5, 0.6) is 0 Å². The highest BCUT2D eigenvalue weighted by Gasteiger charge is 2.11. The number of pyridine rings is 1. The molecule has 0 bridgehead atoms. The second-order valence-electron chi connectivity index (χ2n) is 4.82. The van der Waals surface area contributed by atoms with Crippen LogP contribution in [-0.2, 0) is 18.4 Å². The highest BCUT2D eigenvalue weighted by atomic mass is 32.2. The van der Waals surface area contributed by atoms with Gasteiger partial charge < -0.3 is 5.32 Å². The molecular weight excluding hydrogens is 332 g/mol. The molecule has 0 aliphatic carbocycles. The van der Waals surface area contributed by atoms with Crippen LogP contribution in [0.3, 0.4) is 0 Å². The van der Waals surface area contributed by atoms with Gasteiger partial charge in [-0.05, 0) is 23.1 Å². The average Bonchev–Trinajstić information content (AvgIpc) is 3.04. The predicted molar refractivity (Wildman–Crippen MR) is 91.7 cm³/mol. The largest absolute Gasteiger partial charge is 0.351 e. The number of thiophene rings is 1. The Morgan fingerprint density at radius 3 is 3.09 bits per heavy atom. The maximum absolute atomic E-state index is 12.2. The van der Waals surface area contributed by atoms with E-state index >= 15 is 0 Å². The quantitative estimate of drug-likeness (QED) is 0.563. The van der Waals surface area contributed by atoms with E-state index in [1.54, 1.807) is 25.5 Å². The summed E-state index contributed by atoms with van der Waals surface area (Å²) in [5.41, 5.74) is 0.853. The van der Waals surface area contributed by atoms with Gasteiger partial charge in [0.15, 0.2) is 5.16 Å². The monoisotopic (exact) mass is 346 g/mol. The summed E-state index contributed by atoms with van der Waals surface area (Å²) in [4.78, 5) is 33.2. The van der Waals surface area contributed by atoms with Crippen molar-refractivity contribution in [1.29, 1.82) is 0 Å². The zero-order valence-corrected chi connectivity index (χ0v) is 14.0. The second-order valence-corrected chi connectivity index (χ2v) is 6.66. The molecule has 0 aromatic carbocycles. The molecule has 3 aromatic rings. The fourth-order valence-corrected chi connectivity index (χ4v) is 3.60. The van der Waals surface area contributed by atoms with E-state index in [1.165, 1.54) is 27.7 Å². The molecular formula is C15H14N4O2S2. The number of hydrogen-bond donors (Lipinski definition) is 1. The maximum atomic E-state index is 12.2. The van der Waals surface area contributed by atoms with Crippen molar-refractivity contribution in [2.24, 2.45) is 7.05 Å². The van der Waals surface area contributed by atoms with E-state index < -0.39 is 0 Å². The van der Waals surface area contributed by atoms with Crippen molar-refractivity contribution < 1.29 is 4.79 Å². The Morgan fingerprint density at radius 1 is 1.43 bits per heavy atom. The van der Waals surface area contributed by atoms with Crippen LogP contribution in [0.2, 0.25) is 0 Å². The molecule has 0 aliphatic rings. The van der Waals surface area contributed by atoms with Crippen LogP contribution in [0.1, 0.15) is 5.56 Å². The van der Waals surface area contributed by atoms with Gasteiger partial charge in [-0.15, -0.1) is 11.3 Å². The molecule has 0 radical (unpaired) electrons. The van der Waals surface area contributed by atoms with E-state index in [-0.39, 0.29) is 17.2 Å². The van der Waals surface area contributed by atoms with Crippen LogP contribution < -0.4 is 10.9 Å². The molecule has 0 saturated carbocycles. The van der Waals surface area contributed by atoms with Crippen molar-refractivity contribution in [3.63, 3.8) is 0 Å². The number of nitrogens with one attached hydrogen (secondary N) is 1. The Balaban J connectivity index is 1.63.